The molecule has 0 bridgehead atoms. The minimum absolute atomic E-state index is 0.839. The van der Waals surface area contributed by atoms with Crippen LogP contribution in [0.25, 0.3) is 0 Å². The van der Waals surface area contributed by atoms with Gasteiger partial charge in [0.25, 0.3) is 0 Å². The highest BCUT2D eigenvalue weighted by Gasteiger charge is 2.23. The fraction of sp³-hybridized carbons (Fsp3) is 0.714. The molecule has 0 amide bonds. The lowest BCUT2D eigenvalue weighted by atomic mass is 9.80. The van der Waals surface area contributed by atoms with Crippen molar-refractivity contribution in [3.05, 3.63) is 30.3 Å². The number of para-hydroxylation sites is 1. The molecule has 2 heteroatoms. The molecule has 1 aliphatic heterocycles. The molecule has 0 atom stereocenters. The van der Waals surface area contributed by atoms with E-state index in [4.69, 9.17) is 4.74 Å². The smallest absolute Gasteiger partial charge is 0.119 e. The molecule has 0 aromatic heterocycles. The topological polar surface area (TPSA) is 12.5 Å². The van der Waals surface area contributed by atoms with Crippen LogP contribution in [0.2, 0.25) is 0 Å². The van der Waals surface area contributed by atoms with E-state index in [2.05, 4.69) is 4.90 Å². The predicted octanol–water partition coefficient (Wildman–Crippen LogP) is 5.14. The standard InChI is InChI=1S/C21H33NO/c1-3-8-19(9-4-1)18-20-12-15-22(16-13-20)14-7-17-23-21-10-5-2-6-11-21/h2,5-6,10-11,19-20H,1,3-4,7-9,12-18H2. The van der Waals surface area contributed by atoms with Gasteiger partial charge in [0, 0.05) is 6.54 Å². The number of hydrogen-bond acceptors (Lipinski definition) is 2. The molecule has 0 N–H and O–H groups in total. The van der Waals surface area contributed by atoms with Crippen LogP contribution in [0, 0.1) is 11.8 Å². The van der Waals surface area contributed by atoms with Crippen LogP contribution in [-0.4, -0.2) is 31.1 Å². The van der Waals surface area contributed by atoms with Gasteiger partial charge in [0.15, 0.2) is 0 Å². The van der Waals surface area contributed by atoms with Crippen LogP contribution in [-0.2, 0) is 0 Å². The van der Waals surface area contributed by atoms with E-state index in [-0.39, 0.29) is 0 Å². The Morgan fingerprint density at radius 2 is 1.57 bits per heavy atom. The summed E-state index contributed by atoms with van der Waals surface area (Å²) in [6, 6.07) is 10.2. The van der Waals surface area contributed by atoms with Gasteiger partial charge in [0.05, 0.1) is 6.61 Å². The van der Waals surface area contributed by atoms with Gasteiger partial charge >= 0.3 is 0 Å². The molecule has 2 aliphatic rings. The number of nitrogens with zero attached hydrogens (tertiary/aromatic N) is 1. The van der Waals surface area contributed by atoms with Gasteiger partial charge in [0.1, 0.15) is 5.75 Å². The van der Waals surface area contributed by atoms with Crippen molar-refractivity contribution in [1.29, 1.82) is 0 Å². The molecule has 1 heterocycles. The molecule has 2 fully saturated rings. The van der Waals surface area contributed by atoms with Crippen molar-refractivity contribution in [2.75, 3.05) is 26.2 Å². The van der Waals surface area contributed by atoms with Crippen LogP contribution in [0.4, 0.5) is 0 Å². The molecule has 23 heavy (non-hydrogen) atoms. The summed E-state index contributed by atoms with van der Waals surface area (Å²) in [6.45, 7) is 4.65. The molecule has 0 radical (unpaired) electrons. The molecular formula is C21H33NO. The Hall–Kier alpha value is -1.02. The number of rotatable bonds is 7. The number of ether oxygens (including phenoxy) is 1. The zero-order valence-corrected chi connectivity index (χ0v) is 14.6. The Bertz CT molecular complexity index is 419. The van der Waals surface area contributed by atoms with Crippen molar-refractivity contribution in [2.24, 2.45) is 11.8 Å². The van der Waals surface area contributed by atoms with E-state index in [1.807, 2.05) is 30.3 Å². The van der Waals surface area contributed by atoms with Gasteiger partial charge in [-0.1, -0.05) is 50.3 Å². The first-order valence-corrected chi connectivity index (χ1v) is 9.80. The Labute approximate surface area is 142 Å². The van der Waals surface area contributed by atoms with Gasteiger partial charge in [-0.05, 0) is 62.7 Å². The Kier molecular flexibility index (Phi) is 6.82. The van der Waals surface area contributed by atoms with Crippen LogP contribution in [0.15, 0.2) is 30.3 Å². The summed E-state index contributed by atoms with van der Waals surface area (Å²) in [5.74, 6) is 3.06. The second-order valence-corrected chi connectivity index (χ2v) is 7.54. The molecule has 2 nitrogen and oxygen atoms in total. The fourth-order valence-electron chi connectivity index (χ4n) is 4.33. The van der Waals surface area contributed by atoms with E-state index in [0.717, 1.165) is 30.6 Å². The van der Waals surface area contributed by atoms with Gasteiger partial charge in [-0.25, -0.2) is 0 Å². The molecular weight excluding hydrogens is 282 g/mol. The second-order valence-electron chi connectivity index (χ2n) is 7.54. The van der Waals surface area contributed by atoms with Crippen LogP contribution in [0.5, 0.6) is 5.75 Å². The molecule has 1 aromatic rings. The summed E-state index contributed by atoms with van der Waals surface area (Å²) in [4.78, 5) is 2.64. The third kappa shape index (κ3) is 5.84. The molecule has 128 valence electrons. The third-order valence-corrected chi connectivity index (χ3v) is 5.73. The maximum Gasteiger partial charge on any atom is 0.119 e. The fourth-order valence-corrected chi connectivity index (χ4v) is 4.33. The van der Waals surface area contributed by atoms with E-state index < -0.39 is 0 Å². The summed E-state index contributed by atoms with van der Waals surface area (Å²) in [5.41, 5.74) is 0. The highest BCUT2D eigenvalue weighted by atomic mass is 16.5. The lowest BCUT2D eigenvalue weighted by Gasteiger charge is -2.34. The number of piperidine rings is 1. The minimum Gasteiger partial charge on any atom is -0.494 e. The van der Waals surface area contributed by atoms with Gasteiger partial charge in [-0.2, -0.15) is 0 Å². The molecule has 0 spiro atoms. The number of likely N-dealkylation sites (tertiary alicyclic amines) is 1. The number of benzene rings is 1. The monoisotopic (exact) mass is 315 g/mol. The van der Waals surface area contributed by atoms with Crippen molar-refractivity contribution in [2.45, 2.75) is 57.8 Å². The highest BCUT2D eigenvalue weighted by Crippen LogP contribution is 2.32. The van der Waals surface area contributed by atoms with Crippen molar-refractivity contribution >= 4 is 0 Å². The Morgan fingerprint density at radius 1 is 0.870 bits per heavy atom. The maximum absolute atomic E-state index is 5.79. The lowest BCUT2D eigenvalue weighted by Crippen LogP contribution is -2.35. The van der Waals surface area contributed by atoms with E-state index in [1.54, 1.807) is 0 Å². The summed E-state index contributed by atoms with van der Waals surface area (Å²) in [7, 11) is 0. The number of hydrogen-bond donors (Lipinski definition) is 0. The summed E-state index contributed by atoms with van der Waals surface area (Å²) in [6.07, 6.45) is 13.0. The van der Waals surface area contributed by atoms with Crippen LogP contribution < -0.4 is 4.74 Å². The van der Waals surface area contributed by atoms with E-state index in [9.17, 15) is 0 Å². The first-order valence-electron chi connectivity index (χ1n) is 9.80. The molecule has 1 saturated heterocycles. The van der Waals surface area contributed by atoms with Crippen molar-refractivity contribution in [3.63, 3.8) is 0 Å². The quantitative estimate of drug-likeness (QED) is 0.646. The predicted molar refractivity (Wildman–Crippen MR) is 96.9 cm³/mol. The first kappa shape index (κ1) is 16.8. The molecule has 1 aliphatic carbocycles. The van der Waals surface area contributed by atoms with E-state index in [0.29, 0.717) is 0 Å². The molecule has 1 saturated carbocycles. The average Bonchev–Trinajstić information content (AvgIpc) is 2.62. The normalized spacial score (nSPS) is 21.4. The van der Waals surface area contributed by atoms with Crippen molar-refractivity contribution in [1.82, 2.24) is 4.90 Å². The highest BCUT2D eigenvalue weighted by molar-refractivity contribution is 5.20. The van der Waals surface area contributed by atoms with Gasteiger partial charge in [-0.15, -0.1) is 0 Å². The maximum atomic E-state index is 5.79. The summed E-state index contributed by atoms with van der Waals surface area (Å²) >= 11 is 0. The zero-order chi connectivity index (χ0) is 15.7. The Morgan fingerprint density at radius 3 is 2.30 bits per heavy atom. The molecule has 0 unspecified atom stereocenters. The van der Waals surface area contributed by atoms with Gasteiger partial charge in [0.2, 0.25) is 0 Å². The third-order valence-electron chi connectivity index (χ3n) is 5.73. The summed E-state index contributed by atoms with van der Waals surface area (Å²) < 4.78 is 5.79. The average molecular weight is 316 g/mol. The molecule has 1 aromatic carbocycles. The largest absolute Gasteiger partial charge is 0.494 e. The van der Waals surface area contributed by atoms with Gasteiger partial charge < -0.3 is 9.64 Å². The minimum atomic E-state index is 0.839. The van der Waals surface area contributed by atoms with E-state index >= 15 is 0 Å². The first-order chi connectivity index (χ1) is 11.4. The zero-order valence-electron chi connectivity index (χ0n) is 14.6. The van der Waals surface area contributed by atoms with Gasteiger partial charge in [-0.3, -0.25) is 0 Å². The SMILES string of the molecule is c1ccc(OCCCN2CCC(CC3CCCCC3)CC2)cc1. The van der Waals surface area contributed by atoms with Crippen LogP contribution >= 0.6 is 0 Å². The second kappa shape index (κ2) is 9.32. The Balaban J connectivity index is 1.26. The van der Waals surface area contributed by atoms with Crippen molar-refractivity contribution in [3.8, 4) is 5.75 Å². The van der Waals surface area contributed by atoms with Crippen LogP contribution in [0.3, 0.4) is 0 Å². The summed E-state index contributed by atoms with van der Waals surface area (Å²) in [5, 5.41) is 0. The lowest BCUT2D eigenvalue weighted by molar-refractivity contribution is 0.149. The van der Waals surface area contributed by atoms with Crippen LogP contribution in [0.1, 0.15) is 57.8 Å². The van der Waals surface area contributed by atoms with Crippen molar-refractivity contribution < 1.29 is 4.74 Å². The van der Waals surface area contributed by atoms with E-state index in [1.165, 1.54) is 71.0 Å². The molecule has 3 rings (SSSR count).